The molecule has 2 aromatic rings. The lowest BCUT2D eigenvalue weighted by molar-refractivity contribution is 0.293. The topological polar surface area (TPSA) is 47.0 Å². The Bertz CT molecular complexity index is 560. The van der Waals surface area contributed by atoms with Crippen LogP contribution in [-0.2, 0) is 6.61 Å². The number of hydrogen-bond donors (Lipinski definition) is 1. The van der Waals surface area contributed by atoms with Crippen molar-refractivity contribution >= 4 is 17.4 Å². The number of aryl methyl sites for hydroxylation is 1. The molecule has 1 heterocycles. The third-order valence-electron chi connectivity index (χ3n) is 2.51. The molecule has 0 bridgehead atoms. The van der Waals surface area contributed by atoms with Gasteiger partial charge in [-0.25, -0.2) is 4.98 Å². The first-order valence-electron chi connectivity index (χ1n) is 6.15. The molecule has 1 N–H and O–H groups in total. The van der Waals surface area contributed by atoms with Crippen molar-refractivity contribution in [3.05, 3.63) is 46.7 Å². The van der Waals surface area contributed by atoms with Crippen LogP contribution in [0, 0.1) is 6.92 Å². The van der Waals surface area contributed by atoms with Gasteiger partial charge in [0.1, 0.15) is 18.2 Å². The molecule has 2 rings (SSSR count). The van der Waals surface area contributed by atoms with Gasteiger partial charge in [-0.15, -0.1) is 0 Å². The van der Waals surface area contributed by atoms with Crippen molar-refractivity contribution in [3.63, 3.8) is 0 Å². The summed E-state index contributed by atoms with van der Waals surface area (Å²) in [7, 11) is 0. The average Bonchev–Trinajstić information content (AvgIpc) is 2.37. The van der Waals surface area contributed by atoms with Crippen LogP contribution in [0.4, 0.5) is 5.82 Å². The fourth-order valence-corrected chi connectivity index (χ4v) is 1.84. The van der Waals surface area contributed by atoms with E-state index in [-0.39, 0.29) is 0 Å². The van der Waals surface area contributed by atoms with Crippen molar-refractivity contribution in [2.45, 2.75) is 20.5 Å². The molecule has 0 amide bonds. The molecule has 0 saturated heterocycles. The highest BCUT2D eigenvalue weighted by molar-refractivity contribution is 6.31. The molecule has 0 atom stereocenters. The molecule has 0 saturated carbocycles. The molecule has 0 radical (unpaired) electrons. The summed E-state index contributed by atoms with van der Waals surface area (Å²) in [4.78, 5) is 8.51. The van der Waals surface area contributed by atoms with Gasteiger partial charge < -0.3 is 10.1 Å². The van der Waals surface area contributed by atoms with E-state index in [0.717, 1.165) is 17.9 Å². The second kappa shape index (κ2) is 6.38. The van der Waals surface area contributed by atoms with Gasteiger partial charge in [-0.1, -0.05) is 29.8 Å². The normalized spacial score (nSPS) is 10.3. The molecule has 19 heavy (non-hydrogen) atoms. The SMILES string of the molecule is CCNc1cc(OCc2ccccc2Cl)nc(C)n1. The van der Waals surface area contributed by atoms with Crippen LogP contribution >= 0.6 is 11.6 Å². The van der Waals surface area contributed by atoms with Crippen LogP contribution in [0.5, 0.6) is 5.88 Å². The number of aromatic nitrogens is 2. The smallest absolute Gasteiger partial charge is 0.219 e. The number of benzene rings is 1. The fourth-order valence-electron chi connectivity index (χ4n) is 1.65. The lowest BCUT2D eigenvalue weighted by Gasteiger charge is -2.09. The molecule has 5 heteroatoms. The number of halogens is 1. The van der Waals surface area contributed by atoms with Crippen LogP contribution in [0.1, 0.15) is 18.3 Å². The third-order valence-corrected chi connectivity index (χ3v) is 2.87. The van der Waals surface area contributed by atoms with Crippen LogP contribution in [0.2, 0.25) is 5.02 Å². The number of hydrogen-bond acceptors (Lipinski definition) is 4. The summed E-state index contributed by atoms with van der Waals surface area (Å²) in [5.74, 6) is 1.99. The number of rotatable bonds is 5. The van der Waals surface area contributed by atoms with Gasteiger partial charge in [0.25, 0.3) is 0 Å². The second-order valence-electron chi connectivity index (χ2n) is 4.05. The maximum atomic E-state index is 6.08. The van der Waals surface area contributed by atoms with Crippen molar-refractivity contribution < 1.29 is 4.74 Å². The highest BCUT2D eigenvalue weighted by atomic mass is 35.5. The lowest BCUT2D eigenvalue weighted by atomic mass is 10.2. The van der Waals surface area contributed by atoms with E-state index in [9.17, 15) is 0 Å². The third kappa shape index (κ3) is 3.83. The molecule has 0 aliphatic rings. The largest absolute Gasteiger partial charge is 0.473 e. The first-order valence-corrected chi connectivity index (χ1v) is 6.52. The van der Waals surface area contributed by atoms with E-state index in [2.05, 4.69) is 15.3 Å². The van der Waals surface area contributed by atoms with Crippen LogP contribution in [0.25, 0.3) is 0 Å². The number of nitrogens with one attached hydrogen (secondary N) is 1. The van der Waals surface area contributed by atoms with E-state index in [0.29, 0.717) is 23.3 Å². The molecule has 0 aliphatic carbocycles. The molecular weight excluding hydrogens is 262 g/mol. The molecule has 100 valence electrons. The van der Waals surface area contributed by atoms with Crippen molar-refractivity contribution in [2.24, 2.45) is 0 Å². The standard InChI is InChI=1S/C14H16ClN3O/c1-3-16-13-8-14(18-10(2)17-13)19-9-11-6-4-5-7-12(11)15/h4-8H,3,9H2,1-2H3,(H,16,17,18). The first kappa shape index (κ1) is 13.6. The maximum Gasteiger partial charge on any atom is 0.219 e. The van der Waals surface area contributed by atoms with Crippen molar-refractivity contribution in [1.82, 2.24) is 9.97 Å². The predicted molar refractivity (Wildman–Crippen MR) is 76.7 cm³/mol. The van der Waals surface area contributed by atoms with Crippen LogP contribution in [-0.4, -0.2) is 16.5 Å². The number of ether oxygens (including phenoxy) is 1. The predicted octanol–water partition coefficient (Wildman–Crippen LogP) is 3.45. The highest BCUT2D eigenvalue weighted by Gasteiger charge is 2.04. The summed E-state index contributed by atoms with van der Waals surface area (Å²) in [6, 6.07) is 9.38. The molecule has 0 unspecified atom stereocenters. The minimum Gasteiger partial charge on any atom is -0.473 e. The van der Waals surface area contributed by atoms with Gasteiger partial charge in [0.2, 0.25) is 5.88 Å². The Labute approximate surface area is 117 Å². The molecule has 1 aromatic heterocycles. The van der Waals surface area contributed by atoms with Gasteiger partial charge in [0.05, 0.1) is 0 Å². The summed E-state index contributed by atoms with van der Waals surface area (Å²) < 4.78 is 5.67. The minimum absolute atomic E-state index is 0.391. The fraction of sp³-hybridized carbons (Fsp3) is 0.286. The Morgan fingerprint density at radius 1 is 1.26 bits per heavy atom. The Kier molecular flexibility index (Phi) is 4.58. The monoisotopic (exact) mass is 277 g/mol. The second-order valence-corrected chi connectivity index (χ2v) is 4.46. The molecule has 0 fully saturated rings. The van der Waals surface area contributed by atoms with Gasteiger partial charge in [0.15, 0.2) is 0 Å². The van der Waals surface area contributed by atoms with Crippen molar-refractivity contribution in [3.8, 4) is 5.88 Å². The zero-order valence-electron chi connectivity index (χ0n) is 11.0. The molecule has 4 nitrogen and oxygen atoms in total. The summed E-state index contributed by atoms with van der Waals surface area (Å²) in [5, 5.41) is 3.84. The lowest BCUT2D eigenvalue weighted by Crippen LogP contribution is -2.04. The number of anilines is 1. The van der Waals surface area contributed by atoms with Crippen molar-refractivity contribution in [2.75, 3.05) is 11.9 Å². The Morgan fingerprint density at radius 3 is 2.79 bits per heavy atom. The zero-order valence-corrected chi connectivity index (χ0v) is 11.7. The average molecular weight is 278 g/mol. The van der Waals surface area contributed by atoms with Crippen LogP contribution < -0.4 is 10.1 Å². The van der Waals surface area contributed by atoms with Crippen LogP contribution in [0.3, 0.4) is 0 Å². The van der Waals surface area contributed by atoms with Gasteiger partial charge in [-0.2, -0.15) is 4.98 Å². The van der Waals surface area contributed by atoms with E-state index < -0.39 is 0 Å². The van der Waals surface area contributed by atoms with Gasteiger partial charge >= 0.3 is 0 Å². The highest BCUT2D eigenvalue weighted by Crippen LogP contribution is 2.19. The van der Waals surface area contributed by atoms with Gasteiger partial charge in [-0.05, 0) is 19.9 Å². The zero-order chi connectivity index (χ0) is 13.7. The maximum absolute atomic E-state index is 6.08. The molecule has 0 spiro atoms. The van der Waals surface area contributed by atoms with Gasteiger partial charge in [0, 0.05) is 23.2 Å². The molecule has 0 aliphatic heterocycles. The van der Waals surface area contributed by atoms with E-state index in [1.54, 1.807) is 6.07 Å². The van der Waals surface area contributed by atoms with Gasteiger partial charge in [-0.3, -0.25) is 0 Å². The number of nitrogens with zero attached hydrogens (tertiary/aromatic N) is 2. The van der Waals surface area contributed by atoms with Crippen LogP contribution in [0.15, 0.2) is 30.3 Å². The summed E-state index contributed by atoms with van der Waals surface area (Å²) in [6.07, 6.45) is 0. The van der Waals surface area contributed by atoms with Crippen molar-refractivity contribution in [1.29, 1.82) is 0 Å². The first-order chi connectivity index (χ1) is 9.19. The van der Waals surface area contributed by atoms with E-state index in [1.807, 2.05) is 38.1 Å². The Hall–Kier alpha value is -1.81. The summed E-state index contributed by atoms with van der Waals surface area (Å²) in [6.45, 7) is 5.05. The quantitative estimate of drug-likeness (QED) is 0.909. The van der Waals surface area contributed by atoms with E-state index in [1.165, 1.54) is 0 Å². The minimum atomic E-state index is 0.391. The van der Waals surface area contributed by atoms with E-state index in [4.69, 9.17) is 16.3 Å². The summed E-state index contributed by atoms with van der Waals surface area (Å²) >= 11 is 6.08. The Balaban J connectivity index is 2.09. The Morgan fingerprint density at radius 2 is 2.05 bits per heavy atom. The van der Waals surface area contributed by atoms with E-state index >= 15 is 0 Å². The molecule has 1 aromatic carbocycles. The molecular formula is C14H16ClN3O. The summed E-state index contributed by atoms with van der Waals surface area (Å²) in [5.41, 5.74) is 0.936.